The van der Waals surface area contributed by atoms with Crippen LogP contribution < -0.4 is 0 Å². The fourth-order valence-electron chi connectivity index (χ4n) is 1.33. The molecule has 0 atom stereocenters. The standard InChI is InChI=1S/2C6H4ClF3N2S/c1-13-4-3(6(8,9)10)2-11-5(7)12-4;1-13-5-11-2-3(4(7)12-5)6(8,9)10/h2*2H,1H3. The quantitative estimate of drug-likeness (QED) is 0.248. The zero-order valence-corrected chi connectivity index (χ0v) is 15.9. The first-order valence-corrected chi connectivity index (χ1v) is 9.38. The topological polar surface area (TPSA) is 51.6 Å². The van der Waals surface area contributed by atoms with E-state index in [-0.39, 0.29) is 15.5 Å². The van der Waals surface area contributed by atoms with E-state index in [2.05, 4.69) is 19.9 Å². The maximum Gasteiger partial charge on any atom is 0.420 e. The van der Waals surface area contributed by atoms with Crippen LogP contribution in [0.2, 0.25) is 10.4 Å². The lowest BCUT2D eigenvalue weighted by molar-refractivity contribution is -0.140. The van der Waals surface area contributed by atoms with Crippen molar-refractivity contribution in [1.29, 1.82) is 0 Å². The molecular formula is C12H8Cl2F6N4S2. The van der Waals surface area contributed by atoms with Crippen molar-refractivity contribution in [1.82, 2.24) is 19.9 Å². The van der Waals surface area contributed by atoms with Crippen molar-refractivity contribution in [3.05, 3.63) is 34.0 Å². The molecule has 0 N–H and O–H groups in total. The van der Waals surface area contributed by atoms with Crippen LogP contribution in [0.3, 0.4) is 0 Å². The summed E-state index contributed by atoms with van der Waals surface area (Å²) in [5.74, 6) is 0. The molecule has 2 aromatic rings. The van der Waals surface area contributed by atoms with Crippen LogP contribution in [-0.2, 0) is 12.4 Å². The summed E-state index contributed by atoms with van der Waals surface area (Å²) in [6, 6.07) is 0. The predicted molar refractivity (Wildman–Crippen MR) is 87.7 cm³/mol. The minimum atomic E-state index is -4.49. The molecule has 0 aliphatic rings. The highest BCUT2D eigenvalue weighted by Crippen LogP contribution is 2.35. The summed E-state index contributed by atoms with van der Waals surface area (Å²) >= 11 is 12.7. The van der Waals surface area contributed by atoms with Crippen molar-refractivity contribution in [2.24, 2.45) is 0 Å². The Kier molecular flexibility index (Phi) is 8.24. The summed E-state index contributed by atoms with van der Waals surface area (Å²) in [7, 11) is 0. The first-order valence-electron chi connectivity index (χ1n) is 6.17. The van der Waals surface area contributed by atoms with Gasteiger partial charge < -0.3 is 0 Å². The summed E-state index contributed by atoms with van der Waals surface area (Å²) < 4.78 is 73.0. The highest BCUT2D eigenvalue weighted by atomic mass is 35.5. The van der Waals surface area contributed by atoms with Crippen molar-refractivity contribution in [3.63, 3.8) is 0 Å². The average molecular weight is 457 g/mol. The first kappa shape index (κ1) is 23.1. The lowest BCUT2D eigenvalue weighted by Crippen LogP contribution is -2.08. The molecule has 0 bridgehead atoms. The number of thioether (sulfide) groups is 2. The van der Waals surface area contributed by atoms with Gasteiger partial charge in [0.15, 0.2) is 5.16 Å². The fourth-order valence-corrected chi connectivity index (χ4v) is 2.71. The molecular weight excluding hydrogens is 449 g/mol. The molecule has 26 heavy (non-hydrogen) atoms. The monoisotopic (exact) mass is 456 g/mol. The van der Waals surface area contributed by atoms with E-state index < -0.39 is 28.6 Å². The molecule has 0 aromatic carbocycles. The maximum absolute atomic E-state index is 12.2. The highest BCUT2D eigenvalue weighted by Gasteiger charge is 2.35. The van der Waals surface area contributed by atoms with Gasteiger partial charge in [0.2, 0.25) is 5.28 Å². The molecule has 0 aliphatic carbocycles. The molecule has 0 unspecified atom stereocenters. The van der Waals surface area contributed by atoms with Gasteiger partial charge in [-0.3, -0.25) is 0 Å². The molecule has 0 amide bonds. The van der Waals surface area contributed by atoms with Gasteiger partial charge in [-0.15, -0.1) is 11.8 Å². The largest absolute Gasteiger partial charge is 0.420 e. The number of nitrogens with zero attached hydrogens (tertiary/aromatic N) is 4. The Bertz CT molecular complexity index is 757. The molecule has 2 heterocycles. The minimum absolute atomic E-state index is 0.160. The molecule has 2 aromatic heterocycles. The van der Waals surface area contributed by atoms with Crippen LogP contribution in [0.1, 0.15) is 11.1 Å². The van der Waals surface area contributed by atoms with E-state index in [0.717, 1.165) is 23.5 Å². The van der Waals surface area contributed by atoms with Crippen molar-refractivity contribution in [3.8, 4) is 0 Å². The van der Waals surface area contributed by atoms with Gasteiger partial charge in [0, 0.05) is 12.4 Å². The predicted octanol–water partition coefficient (Wildman–Crippen LogP) is 5.74. The van der Waals surface area contributed by atoms with Gasteiger partial charge in [0.05, 0.1) is 0 Å². The highest BCUT2D eigenvalue weighted by molar-refractivity contribution is 7.98. The molecule has 0 radical (unpaired) electrons. The Hall–Kier alpha value is -0.980. The summed E-state index contributed by atoms with van der Waals surface area (Å²) in [4.78, 5) is 13.7. The maximum atomic E-state index is 12.2. The number of aromatic nitrogens is 4. The summed E-state index contributed by atoms with van der Waals surface area (Å²) in [5, 5.41) is -0.685. The second kappa shape index (κ2) is 9.29. The average Bonchev–Trinajstić information content (AvgIpc) is 2.52. The van der Waals surface area contributed by atoms with Crippen molar-refractivity contribution in [2.45, 2.75) is 22.5 Å². The van der Waals surface area contributed by atoms with Gasteiger partial charge in [-0.2, -0.15) is 26.3 Å². The van der Waals surface area contributed by atoms with E-state index in [1.54, 1.807) is 6.26 Å². The molecule has 14 heteroatoms. The first-order chi connectivity index (χ1) is 11.9. The van der Waals surface area contributed by atoms with Crippen LogP contribution in [0.15, 0.2) is 22.6 Å². The molecule has 0 spiro atoms. The Morgan fingerprint density at radius 2 is 1.35 bits per heavy atom. The molecule has 0 saturated heterocycles. The summed E-state index contributed by atoms with van der Waals surface area (Å²) in [5.41, 5.74) is -1.86. The van der Waals surface area contributed by atoms with Crippen LogP contribution in [-0.4, -0.2) is 32.4 Å². The number of rotatable bonds is 2. The summed E-state index contributed by atoms with van der Waals surface area (Å²) in [6.07, 6.45) is -4.41. The van der Waals surface area contributed by atoms with E-state index in [1.165, 1.54) is 6.26 Å². The van der Waals surface area contributed by atoms with E-state index >= 15 is 0 Å². The van der Waals surface area contributed by atoms with Crippen molar-refractivity contribution in [2.75, 3.05) is 12.5 Å². The van der Waals surface area contributed by atoms with Crippen LogP contribution in [0, 0.1) is 0 Å². The normalized spacial score (nSPS) is 11.8. The zero-order chi connectivity index (χ0) is 20.1. The van der Waals surface area contributed by atoms with Crippen LogP contribution in [0.4, 0.5) is 26.3 Å². The van der Waals surface area contributed by atoms with Crippen molar-refractivity contribution < 1.29 is 26.3 Å². The van der Waals surface area contributed by atoms with E-state index in [9.17, 15) is 26.3 Å². The third-order valence-electron chi connectivity index (χ3n) is 2.43. The van der Waals surface area contributed by atoms with Gasteiger partial charge in [-0.1, -0.05) is 23.4 Å². The number of hydrogen-bond donors (Lipinski definition) is 0. The van der Waals surface area contributed by atoms with E-state index in [4.69, 9.17) is 23.2 Å². The fraction of sp³-hybridized carbons (Fsp3) is 0.333. The third-order valence-corrected chi connectivity index (χ3v) is 4.16. The smallest absolute Gasteiger partial charge is 0.230 e. The third kappa shape index (κ3) is 6.63. The number of hydrogen-bond acceptors (Lipinski definition) is 6. The van der Waals surface area contributed by atoms with Crippen molar-refractivity contribution >= 4 is 46.7 Å². The van der Waals surface area contributed by atoms with Gasteiger partial charge in [0.25, 0.3) is 0 Å². The van der Waals surface area contributed by atoms with Gasteiger partial charge in [-0.05, 0) is 24.1 Å². The van der Waals surface area contributed by atoms with Gasteiger partial charge in [0.1, 0.15) is 21.3 Å². The minimum Gasteiger partial charge on any atom is -0.230 e. The van der Waals surface area contributed by atoms with Crippen LogP contribution in [0.25, 0.3) is 0 Å². The van der Waals surface area contributed by atoms with E-state index in [1.807, 2.05) is 0 Å². The molecule has 2 rings (SSSR count). The van der Waals surface area contributed by atoms with Gasteiger partial charge in [-0.25, -0.2) is 19.9 Å². The molecule has 0 saturated carbocycles. The summed E-state index contributed by atoms with van der Waals surface area (Å²) in [6.45, 7) is 0. The second-order valence-electron chi connectivity index (χ2n) is 4.12. The molecule has 4 nitrogen and oxygen atoms in total. The van der Waals surface area contributed by atoms with Crippen LogP contribution in [0.5, 0.6) is 0 Å². The molecule has 0 aliphatic heterocycles. The number of alkyl halides is 6. The SMILES string of the molecule is CSc1nc(Cl)ncc1C(F)(F)F.CSc1ncc(C(F)(F)F)c(Cl)n1. The Morgan fingerprint density at radius 3 is 1.77 bits per heavy atom. The zero-order valence-electron chi connectivity index (χ0n) is 12.8. The lowest BCUT2D eigenvalue weighted by Gasteiger charge is -2.08. The van der Waals surface area contributed by atoms with Gasteiger partial charge >= 0.3 is 12.4 Å². The Labute approximate surface area is 162 Å². The molecule has 144 valence electrons. The number of halogens is 8. The van der Waals surface area contributed by atoms with E-state index in [0.29, 0.717) is 12.4 Å². The van der Waals surface area contributed by atoms with Crippen LogP contribution >= 0.6 is 46.7 Å². The molecule has 0 fully saturated rings. The Morgan fingerprint density at radius 1 is 0.808 bits per heavy atom. The second-order valence-corrected chi connectivity index (χ2v) is 6.38. The lowest BCUT2D eigenvalue weighted by atomic mass is 10.3. The Balaban J connectivity index is 0.000000260.